The number of nitrogens with zero attached hydrogens (tertiary/aromatic N) is 2. The third-order valence-corrected chi connectivity index (χ3v) is 4.84. The number of thiazole rings is 1. The molecule has 0 bridgehead atoms. The fourth-order valence-corrected chi connectivity index (χ4v) is 3.56. The fraction of sp³-hybridized carbons (Fsp3) is 0.167. The number of rotatable bonds is 4. The summed E-state index contributed by atoms with van der Waals surface area (Å²) < 4.78 is 40.0. The third-order valence-electron chi connectivity index (χ3n) is 2.48. The first-order valence-corrected chi connectivity index (χ1v) is 7.83. The van der Waals surface area contributed by atoms with Crippen LogP contribution in [0.2, 0.25) is 0 Å². The number of benzene rings is 1. The van der Waals surface area contributed by atoms with Gasteiger partial charge in [-0.2, -0.15) is 5.26 Å². The molecule has 0 unspecified atom stereocenters. The van der Waals surface area contributed by atoms with Gasteiger partial charge in [0.2, 0.25) is 10.0 Å². The number of nitriles is 1. The van der Waals surface area contributed by atoms with Crippen LogP contribution < -0.4 is 4.72 Å². The second-order valence-corrected chi connectivity index (χ2v) is 6.95. The van der Waals surface area contributed by atoms with E-state index in [1.54, 1.807) is 12.3 Å². The molecule has 1 aromatic heterocycles. The number of halogens is 1. The molecule has 0 fully saturated rings. The molecule has 0 radical (unpaired) electrons. The molecule has 104 valence electrons. The van der Waals surface area contributed by atoms with E-state index in [0.29, 0.717) is 0 Å². The van der Waals surface area contributed by atoms with Crippen LogP contribution in [0.25, 0.3) is 0 Å². The Morgan fingerprint density at radius 1 is 1.50 bits per heavy atom. The summed E-state index contributed by atoms with van der Waals surface area (Å²) >= 11 is 1.36. The van der Waals surface area contributed by atoms with Crippen molar-refractivity contribution in [3.05, 3.63) is 45.7 Å². The lowest BCUT2D eigenvalue weighted by atomic mass is 10.2. The molecule has 5 nitrogen and oxygen atoms in total. The molecule has 1 aromatic carbocycles. The van der Waals surface area contributed by atoms with Gasteiger partial charge in [-0.3, -0.25) is 0 Å². The van der Waals surface area contributed by atoms with Crippen LogP contribution in [0.5, 0.6) is 0 Å². The minimum atomic E-state index is -3.95. The van der Waals surface area contributed by atoms with E-state index >= 15 is 0 Å². The second kappa shape index (κ2) is 5.66. The Bertz CT molecular complexity index is 778. The molecule has 0 aliphatic carbocycles. The highest BCUT2D eigenvalue weighted by molar-refractivity contribution is 7.89. The Morgan fingerprint density at radius 2 is 2.25 bits per heavy atom. The standard InChI is InChI=1S/C12H10FN3O2S2/c1-8-15-6-9(19-8)7-16-20(17,18)12-4-2-3-11(13)10(12)5-14/h2-4,6,16H,7H2,1H3. The summed E-state index contributed by atoms with van der Waals surface area (Å²) in [7, 11) is -3.95. The molecular formula is C12H10FN3O2S2. The van der Waals surface area contributed by atoms with Crippen molar-refractivity contribution in [1.82, 2.24) is 9.71 Å². The summed E-state index contributed by atoms with van der Waals surface area (Å²) in [6, 6.07) is 5.06. The van der Waals surface area contributed by atoms with Crippen molar-refractivity contribution in [3.8, 4) is 6.07 Å². The van der Waals surface area contributed by atoms with E-state index in [1.807, 2.05) is 6.92 Å². The summed E-state index contributed by atoms with van der Waals surface area (Å²) in [5, 5.41) is 9.68. The van der Waals surface area contributed by atoms with Crippen LogP contribution >= 0.6 is 11.3 Å². The average Bonchev–Trinajstić information content (AvgIpc) is 2.82. The van der Waals surface area contributed by atoms with Crippen LogP contribution in [0.15, 0.2) is 29.3 Å². The minimum absolute atomic E-state index is 0.0508. The van der Waals surface area contributed by atoms with Crippen molar-refractivity contribution < 1.29 is 12.8 Å². The van der Waals surface area contributed by atoms with Crippen LogP contribution in [0.1, 0.15) is 15.4 Å². The molecule has 0 spiro atoms. The van der Waals surface area contributed by atoms with Gasteiger partial charge >= 0.3 is 0 Å². The molecule has 1 N–H and O–H groups in total. The van der Waals surface area contributed by atoms with Gasteiger partial charge in [-0.15, -0.1) is 11.3 Å². The van der Waals surface area contributed by atoms with Gasteiger partial charge < -0.3 is 0 Å². The monoisotopic (exact) mass is 311 g/mol. The van der Waals surface area contributed by atoms with Crippen LogP contribution in [-0.4, -0.2) is 13.4 Å². The number of aryl methyl sites for hydroxylation is 1. The minimum Gasteiger partial charge on any atom is -0.250 e. The fourth-order valence-electron chi connectivity index (χ4n) is 1.57. The Labute approximate surface area is 119 Å². The van der Waals surface area contributed by atoms with Crippen LogP contribution in [0.4, 0.5) is 4.39 Å². The smallest absolute Gasteiger partial charge is 0.242 e. The molecule has 2 rings (SSSR count). The van der Waals surface area contributed by atoms with Gasteiger partial charge in [0.05, 0.1) is 5.01 Å². The Kier molecular flexibility index (Phi) is 4.13. The van der Waals surface area contributed by atoms with Gasteiger partial charge in [0.25, 0.3) is 0 Å². The lowest BCUT2D eigenvalue weighted by molar-refractivity contribution is 0.576. The van der Waals surface area contributed by atoms with Crippen molar-refractivity contribution in [3.63, 3.8) is 0 Å². The maximum Gasteiger partial charge on any atom is 0.242 e. The molecule has 0 saturated carbocycles. The summed E-state index contributed by atoms with van der Waals surface area (Å²) in [6.07, 6.45) is 1.57. The van der Waals surface area contributed by atoms with E-state index in [4.69, 9.17) is 5.26 Å². The first-order chi connectivity index (χ1) is 9.44. The third kappa shape index (κ3) is 3.01. The largest absolute Gasteiger partial charge is 0.250 e. The highest BCUT2D eigenvalue weighted by atomic mass is 32.2. The lowest BCUT2D eigenvalue weighted by Crippen LogP contribution is -2.24. The highest BCUT2D eigenvalue weighted by Gasteiger charge is 2.21. The maximum atomic E-state index is 13.4. The predicted molar refractivity (Wildman–Crippen MR) is 72.0 cm³/mol. The predicted octanol–water partition coefficient (Wildman–Crippen LogP) is 1.94. The van der Waals surface area contributed by atoms with Crippen LogP contribution in [0, 0.1) is 24.1 Å². The molecule has 0 saturated heterocycles. The maximum absolute atomic E-state index is 13.4. The zero-order valence-corrected chi connectivity index (χ0v) is 12.1. The van der Waals surface area contributed by atoms with E-state index in [2.05, 4.69) is 9.71 Å². The van der Waals surface area contributed by atoms with Gasteiger partial charge in [-0.05, 0) is 19.1 Å². The molecular weight excluding hydrogens is 301 g/mol. The Balaban J connectivity index is 2.27. The lowest BCUT2D eigenvalue weighted by Gasteiger charge is -2.07. The zero-order chi connectivity index (χ0) is 14.8. The summed E-state index contributed by atoms with van der Waals surface area (Å²) in [6.45, 7) is 1.86. The second-order valence-electron chi connectivity index (χ2n) is 3.89. The van der Waals surface area contributed by atoms with Crippen molar-refractivity contribution in [1.29, 1.82) is 5.26 Å². The van der Waals surface area contributed by atoms with E-state index < -0.39 is 21.4 Å². The van der Waals surface area contributed by atoms with E-state index in [0.717, 1.165) is 16.0 Å². The van der Waals surface area contributed by atoms with Crippen LogP contribution in [0.3, 0.4) is 0 Å². The van der Waals surface area contributed by atoms with Gasteiger partial charge in [-0.1, -0.05) is 6.07 Å². The number of nitrogens with one attached hydrogen (secondary N) is 1. The molecule has 8 heteroatoms. The SMILES string of the molecule is Cc1ncc(CNS(=O)(=O)c2cccc(F)c2C#N)s1. The zero-order valence-electron chi connectivity index (χ0n) is 10.4. The van der Waals surface area contributed by atoms with Gasteiger partial charge in [0.1, 0.15) is 22.3 Å². The average molecular weight is 311 g/mol. The molecule has 0 amide bonds. The Morgan fingerprint density at radius 3 is 2.85 bits per heavy atom. The quantitative estimate of drug-likeness (QED) is 0.935. The molecule has 0 aliphatic heterocycles. The van der Waals surface area contributed by atoms with E-state index in [9.17, 15) is 12.8 Å². The molecule has 0 atom stereocenters. The normalized spacial score (nSPS) is 11.2. The van der Waals surface area contributed by atoms with Gasteiger partial charge in [0, 0.05) is 17.6 Å². The van der Waals surface area contributed by atoms with Crippen molar-refractivity contribution in [2.75, 3.05) is 0 Å². The first-order valence-electron chi connectivity index (χ1n) is 5.53. The van der Waals surface area contributed by atoms with Crippen LogP contribution in [-0.2, 0) is 16.6 Å². The topological polar surface area (TPSA) is 82.8 Å². The first kappa shape index (κ1) is 14.6. The van der Waals surface area contributed by atoms with Crippen molar-refractivity contribution in [2.24, 2.45) is 0 Å². The molecule has 20 heavy (non-hydrogen) atoms. The summed E-state index contributed by atoms with van der Waals surface area (Å²) in [5.74, 6) is -0.857. The molecule has 2 aromatic rings. The number of sulfonamides is 1. The molecule has 0 aliphatic rings. The van der Waals surface area contributed by atoms with Gasteiger partial charge in [-0.25, -0.2) is 22.5 Å². The number of aromatic nitrogens is 1. The summed E-state index contributed by atoms with van der Waals surface area (Å²) in [5.41, 5.74) is -0.486. The highest BCUT2D eigenvalue weighted by Crippen LogP contribution is 2.19. The number of hydrogen-bond donors (Lipinski definition) is 1. The van der Waals surface area contributed by atoms with E-state index in [-0.39, 0.29) is 11.4 Å². The number of hydrogen-bond acceptors (Lipinski definition) is 5. The van der Waals surface area contributed by atoms with Crippen molar-refractivity contribution in [2.45, 2.75) is 18.4 Å². The Hall–Kier alpha value is -1.82. The van der Waals surface area contributed by atoms with Gasteiger partial charge in [0.15, 0.2) is 0 Å². The summed E-state index contributed by atoms with van der Waals surface area (Å²) in [4.78, 5) is 4.39. The van der Waals surface area contributed by atoms with Crippen molar-refractivity contribution >= 4 is 21.4 Å². The van der Waals surface area contributed by atoms with E-state index in [1.165, 1.54) is 23.5 Å². The molecule has 1 heterocycles.